The van der Waals surface area contributed by atoms with Crippen LogP contribution in [0, 0.1) is 5.92 Å². The maximum absolute atomic E-state index is 6.20. The van der Waals surface area contributed by atoms with E-state index in [0.717, 1.165) is 27.7 Å². The molecule has 4 heteroatoms. The van der Waals surface area contributed by atoms with Crippen LogP contribution in [0.2, 0.25) is 10.0 Å². The third kappa shape index (κ3) is 2.28. The van der Waals surface area contributed by atoms with E-state index in [1.54, 1.807) is 6.07 Å². The number of rotatable bonds is 0. The lowest BCUT2D eigenvalue weighted by atomic mass is 9.93. The van der Waals surface area contributed by atoms with Crippen LogP contribution in [0.5, 0.6) is 0 Å². The number of fused-ring (bicyclic) bond motifs is 1. The van der Waals surface area contributed by atoms with Crippen LogP contribution in [0.25, 0.3) is 0 Å². The van der Waals surface area contributed by atoms with Gasteiger partial charge in [0.05, 0.1) is 0 Å². The van der Waals surface area contributed by atoms with Crippen LogP contribution in [-0.4, -0.2) is 5.75 Å². The number of halogens is 2. The number of hydrogen-bond acceptors (Lipinski definition) is 2. The minimum atomic E-state index is 0.0474. The zero-order chi connectivity index (χ0) is 11.0. The van der Waals surface area contributed by atoms with Crippen LogP contribution in [0.3, 0.4) is 0 Å². The van der Waals surface area contributed by atoms with Gasteiger partial charge < -0.3 is 5.73 Å². The van der Waals surface area contributed by atoms with E-state index >= 15 is 0 Å². The Morgan fingerprint density at radius 2 is 2.13 bits per heavy atom. The highest BCUT2D eigenvalue weighted by Crippen LogP contribution is 2.37. The van der Waals surface area contributed by atoms with Crippen molar-refractivity contribution in [2.45, 2.75) is 18.7 Å². The van der Waals surface area contributed by atoms with Crippen LogP contribution in [0.4, 0.5) is 0 Å². The molecule has 2 unspecified atom stereocenters. The number of hydrogen-bond donors (Lipinski definition) is 1. The van der Waals surface area contributed by atoms with E-state index in [4.69, 9.17) is 28.9 Å². The smallest absolute Gasteiger partial charge is 0.0464 e. The molecule has 0 bridgehead atoms. The molecule has 2 rings (SSSR count). The Kier molecular flexibility index (Phi) is 3.51. The van der Waals surface area contributed by atoms with Crippen LogP contribution >= 0.6 is 35.0 Å². The summed E-state index contributed by atoms with van der Waals surface area (Å²) in [7, 11) is 0. The Balaban J connectivity index is 2.53. The van der Waals surface area contributed by atoms with Crippen LogP contribution in [0.15, 0.2) is 12.1 Å². The molecule has 0 saturated heterocycles. The molecule has 15 heavy (non-hydrogen) atoms. The van der Waals surface area contributed by atoms with Gasteiger partial charge in [-0.05, 0) is 34.9 Å². The molecule has 2 N–H and O–H groups in total. The first-order valence-corrected chi connectivity index (χ1v) is 6.82. The number of thioether (sulfide) groups is 1. The lowest BCUT2D eigenvalue weighted by molar-refractivity contribution is 0.524. The van der Waals surface area contributed by atoms with Crippen molar-refractivity contribution in [2.75, 3.05) is 5.75 Å². The lowest BCUT2D eigenvalue weighted by Gasteiger charge is -2.19. The molecule has 0 fully saturated rings. The summed E-state index contributed by atoms with van der Waals surface area (Å²) in [4.78, 5) is 0. The molecule has 1 aliphatic heterocycles. The molecular weight excluding hydrogens is 249 g/mol. The van der Waals surface area contributed by atoms with Gasteiger partial charge in [-0.2, -0.15) is 11.8 Å². The summed E-state index contributed by atoms with van der Waals surface area (Å²) in [6.07, 6.45) is 0. The summed E-state index contributed by atoms with van der Waals surface area (Å²) < 4.78 is 0. The molecule has 1 heterocycles. The Morgan fingerprint density at radius 3 is 2.87 bits per heavy atom. The highest BCUT2D eigenvalue weighted by molar-refractivity contribution is 7.98. The Hall–Kier alpha value is 0.110. The van der Waals surface area contributed by atoms with Crippen molar-refractivity contribution in [1.82, 2.24) is 0 Å². The van der Waals surface area contributed by atoms with Gasteiger partial charge in [0.1, 0.15) is 0 Å². The van der Waals surface area contributed by atoms with Gasteiger partial charge in [-0.15, -0.1) is 0 Å². The van der Waals surface area contributed by atoms with E-state index in [1.807, 2.05) is 17.8 Å². The SMILES string of the molecule is CC1CSCc2c(Cl)cc(Cl)cc2C1N. The summed E-state index contributed by atoms with van der Waals surface area (Å²) in [5.74, 6) is 2.47. The Labute approximate surface area is 104 Å². The van der Waals surface area contributed by atoms with E-state index < -0.39 is 0 Å². The molecule has 1 aromatic carbocycles. The van der Waals surface area contributed by atoms with Gasteiger partial charge in [-0.1, -0.05) is 30.1 Å². The monoisotopic (exact) mass is 261 g/mol. The molecule has 2 atom stereocenters. The van der Waals surface area contributed by atoms with E-state index in [2.05, 4.69) is 6.92 Å². The van der Waals surface area contributed by atoms with E-state index in [0.29, 0.717) is 10.9 Å². The average molecular weight is 262 g/mol. The fraction of sp³-hybridized carbons (Fsp3) is 0.455. The molecular formula is C11H13Cl2NS. The predicted octanol–water partition coefficient (Wildman–Crippen LogP) is 3.88. The van der Waals surface area contributed by atoms with E-state index in [9.17, 15) is 0 Å². The fourth-order valence-electron chi connectivity index (χ4n) is 1.83. The summed E-state index contributed by atoms with van der Waals surface area (Å²) in [6, 6.07) is 3.80. The molecule has 0 aliphatic carbocycles. The number of nitrogens with two attached hydrogens (primary N) is 1. The molecule has 1 aromatic rings. The van der Waals surface area contributed by atoms with Gasteiger partial charge in [0, 0.05) is 21.8 Å². The third-order valence-corrected chi connectivity index (χ3v) is 4.60. The van der Waals surface area contributed by atoms with Gasteiger partial charge in [0.15, 0.2) is 0 Å². The van der Waals surface area contributed by atoms with Crippen molar-refractivity contribution >= 4 is 35.0 Å². The highest BCUT2D eigenvalue weighted by atomic mass is 35.5. The van der Waals surface area contributed by atoms with Crippen LogP contribution in [-0.2, 0) is 5.75 Å². The molecule has 1 aliphatic rings. The van der Waals surface area contributed by atoms with Crippen molar-refractivity contribution in [2.24, 2.45) is 11.7 Å². The third-order valence-electron chi connectivity index (χ3n) is 2.79. The van der Waals surface area contributed by atoms with Crippen molar-refractivity contribution < 1.29 is 0 Å². The molecule has 82 valence electrons. The largest absolute Gasteiger partial charge is 0.324 e. The highest BCUT2D eigenvalue weighted by Gasteiger charge is 2.23. The van der Waals surface area contributed by atoms with Crippen molar-refractivity contribution in [3.63, 3.8) is 0 Å². The Morgan fingerprint density at radius 1 is 1.40 bits per heavy atom. The zero-order valence-electron chi connectivity index (χ0n) is 8.47. The minimum Gasteiger partial charge on any atom is -0.324 e. The molecule has 0 saturated carbocycles. The summed E-state index contributed by atoms with van der Waals surface area (Å²) in [5.41, 5.74) is 8.47. The molecule has 0 amide bonds. The molecule has 0 radical (unpaired) electrons. The molecule has 1 nitrogen and oxygen atoms in total. The zero-order valence-corrected chi connectivity index (χ0v) is 10.8. The first kappa shape index (κ1) is 11.6. The van der Waals surface area contributed by atoms with E-state index in [-0.39, 0.29) is 6.04 Å². The summed E-state index contributed by atoms with van der Waals surface area (Å²) >= 11 is 14.1. The topological polar surface area (TPSA) is 26.0 Å². The standard InChI is InChI=1S/C11H13Cl2NS/c1-6-4-15-5-9-8(11(6)14)2-7(12)3-10(9)13/h2-3,6,11H,4-5,14H2,1H3. The average Bonchev–Trinajstić information content (AvgIpc) is 2.30. The van der Waals surface area contributed by atoms with Gasteiger partial charge in [0.25, 0.3) is 0 Å². The van der Waals surface area contributed by atoms with Crippen molar-refractivity contribution in [1.29, 1.82) is 0 Å². The first-order valence-electron chi connectivity index (χ1n) is 4.90. The minimum absolute atomic E-state index is 0.0474. The van der Waals surface area contributed by atoms with Crippen molar-refractivity contribution in [3.8, 4) is 0 Å². The maximum atomic E-state index is 6.20. The second-order valence-corrected chi connectivity index (χ2v) is 5.85. The second-order valence-electron chi connectivity index (χ2n) is 3.97. The van der Waals surface area contributed by atoms with Gasteiger partial charge >= 0.3 is 0 Å². The van der Waals surface area contributed by atoms with Crippen LogP contribution < -0.4 is 5.73 Å². The predicted molar refractivity (Wildman–Crippen MR) is 68.7 cm³/mol. The summed E-state index contributed by atoms with van der Waals surface area (Å²) in [6.45, 7) is 2.17. The van der Waals surface area contributed by atoms with E-state index in [1.165, 1.54) is 0 Å². The normalized spacial score (nSPS) is 25.9. The van der Waals surface area contributed by atoms with Gasteiger partial charge in [0.2, 0.25) is 0 Å². The van der Waals surface area contributed by atoms with Gasteiger partial charge in [-0.25, -0.2) is 0 Å². The lowest BCUT2D eigenvalue weighted by Crippen LogP contribution is -2.20. The Bertz CT molecular complexity index is 381. The number of benzene rings is 1. The molecule has 0 spiro atoms. The summed E-state index contributed by atoms with van der Waals surface area (Å²) in [5, 5.41) is 1.42. The quantitative estimate of drug-likeness (QED) is 0.768. The van der Waals surface area contributed by atoms with Crippen LogP contribution in [0.1, 0.15) is 24.1 Å². The molecule has 0 aromatic heterocycles. The van der Waals surface area contributed by atoms with Gasteiger partial charge in [-0.3, -0.25) is 0 Å². The maximum Gasteiger partial charge on any atom is 0.0464 e. The fourth-order valence-corrected chi connectivity index (χ4v) is 3.71. The second kappa shape index (κ2) is 4.54. The first-order chi connectivity index (χ1) is 7.09. The van der Waals surface area contributed by atoms with Crippen molar-refractivity contribution in [3.05, 3.63) is 33.3 Å².